The molecule has 15 nitrogen and oxygen atoms in total. The minimum Gasteiger partial charge on any atom is -0.461 e. The number of rotatable bonds is 20. The average molecular weight is 695 g/mol. The molecule has 3 rings (SSSR count). The van der Waals surface area contributed by atoms with Crippen LogP contribution < -0.4 is 0 Å². The third-order valence-corrected chi connectivity index (χ3v) is 9.75. The van der Waals surface area contributed by atoms with Gasteiger partial charge in [0, 0.05) is 0 Å². The van der Waals surface area contributed by atoms with E-state index in [9.17, 15) is 50.4 Å². The number of unbranched alkanes of at least 4 members (excludes halogenated alkanes) is 10. The van der Waals surface area contributed by atoms with Gasteiger partial charge in [0.2, 0.25) is 6.29 Å². The molecule has 0 radical (unpaired) electrons. The van der Waals surface area contributed by atoms with Crippen molar-refractivity contribution < 1.29 is 74.1 Å². The van der Waals surface area contributed by atoms with E-state index in [1.54, 1.807) is 6.92 Å². The minimum atomic E-state index is -1.72. The first-order chi connectivity index (χ1) is 22.9. The van der Waals surface area contributed by atoms with E-state index in [0.717, 1.165) is 77.0 Å². The van der Waals surface area contributed by atoms with Crippen LogP contribution in [0.15, 0.2) is 0 Å². The van der Waals surface area contributed by atoms with Gasteiger partial charge in [0.15, 0.2) is 6.29 Å². The number of hydrogen-bond acceptors (Lipinski definition) is 15. The fourth-order valence-corrected chi connectivity index (χ4v) is 6.60. The highest BCUT2D eigenvalue weighted by Crippen LogP contribution is 2.34. The minimum absolute atomic E-state index is 0.216. The standard InChI is InChI=1S/C33H58O15/c1-18(44-32-28(40)26(38)24(36)21(16-34)46-32)14-12-10-8-6-4-3-5-7-9-11-13-15-20-23(19(2)30(42)45-20)31(43)48-33-29(41)27(39)25(37)22(17-35)47-33/h18-29,32-41H,3-17H2,1-2H3/t18-,19+,20-,21+,22+,23+,24+,25+,26-,27-,28+,29+,32+,33-/m0/s1. The molecule has 3 fully saturated rings. The molecular formula is C33H58O15. The van der Waals surface area contributed by atoms with Crippen LogP contribution in [0.4, 0.5) is 0 Å². The van der Waals surface area contributed by atoms with Gasteiger partial charge in [-0.15, -0.1) is 0 Å². The Kier molecular flexibility index (Phi) is 17.4. The zero-order chi connectivity index (χ0) is 35.4. The zero-order valence-electron chi connectivity index (χ0n) is 28.1. The lowest BCUT2D eigenvalue weighted by molar-refractivity contribution is -0.310. The highest BCUT2D eigenvalue weighted by atomic mass is 16.7. The molecule has 0 amide bonds. The largest absolute Gasteiger partial charge is 0.461 e. The topological polar surface area (TPSA) is 242 Å². The Bertz CT molecular complexity index is 950. The van der Waals surface area contributed by atoms with Crippen molar-refractivity contribution >= 4 is 11.9 Å². The smallest absolute Gasteiger partial charge is 0.315 e. The van der Waals surface area contributed by atoms with Crippen molar-refractivity contribution in [3.63, 3.8) is 0 Å². The number of hydrogen-bond donors (Lipinski definition) is 8. The molecule has 8 N–H and O–H groups in total. The molecule has 0 aromatic carbocycles. The van der Waals surface area contributed by atoms with Crippen molar-refractivity contribution in [3.8, 4) is 0 Å². The van der Waals surface area contributed by atoms with Gasteiger partial charge in [-0.25, -0.2) is 0 Å². The van der Waals surface area contributed by atoms with Gasteiger partial charge >= 0.3 is 11.9 Å². The second-order valence-corrected chi connectivity index (χ2v) is 13.5. The van der Waals surface area contributed by atoms with Gasteiger partial charge in [0.1, 0.15) is 60.9 Å². The van der Waals surface area contributed by atoms with Gasteiger partial charge in [-0.1, -0.05) is 71.1 Å². The monoisotopic (exact) mass is 694 g/mol. The predicted molar refractivity (Wildman–Crippen MR) is 167 cm³/mol. The van der Waals surface area contributed by atoms with E-state index in [1.807, 2.05) is 6.92 Å². The molecule has 280 valence electrons. The summed E-state index contributed by atoms with van der Waals surface area (Å²) < 4.78 is 27.1. The molecule has 15 heteroatoms. The second kappa shape index (κ2) is 20.4. The van der Waals surface area contributed by atoms with E-state index in [-0.39, 0.29) is 6.10 Å². The first kappa shape index (κ1) is 40.9. The number of cyclic esters (lactones) is 1. The molecule has 0 saturated carbocycles. The van der Waals surface area contributed by atoms with E-state index < -0.39 is 105 Å². The van der Waals surface area contributed by atoms with Crippen molar-refractivity contribution in [3.05, 3.63) is 0 Å². The van der Waals surface area contributed by atoms with E-state index in [2.05, 4.69) is 0 Å². The van der Waals surface area contributed by atoms with Crippen LogP contribution in [0.3, 0.4) is 0 Å². The van der Waals surface area contributed by atoms with Crippen LogP contribution in [0.25, 0.3) is 0 Å². The van der Waals surface area contributed by atoms with E-state index in [0.29, 0.717) is 6.42 Å². The molecular weight excluding hydrogens is 636 g/mol. The Morgan fingerprint density at radius 3 is 1.65 bits per heavy atom. The van der Waals surface area contributed by atoms with Crippen molar-refractivity contribution in [2.45, 2.75) is 171 Å². The molecule has 3 aliphatic rings. The summed E-state index contributed by atoms with van der Waals surface area (Å²) in [5.41, 5.74) is 0. The molecule has 0 aliphatic carbocycles. The number of carbonyl (C=O) groups excluding carboxylic acids is 2. The van der Waals surface area contributed by atoms with Crippen LogP contribution in [-0.4, -0.2) is 140 Å². The van der Waals surface area contributed by atoms with Crippen LogP contribution in [0.1, 0.15) is 97.3 Å². The van der Waals surface area contributed by atoms with Gasteiger partial charge in [-0.3, -0.25) is 9.59 Å². The molecule has 0 spiro atoms. The Labute approximate surface area is 282 Å². The van der Waals surface area contributed by atoms with Crippen molar-refractivity contribution in [1.82, 2.24) is 0 Å². The first-order valence-electron chi connectivity index (χ1n) is 17.6. The summed E-state index contributed by atoms with van der Waals surface area (Å²) in [6.45, 7) is 2.30. The fraction of sp³-hybridized carbons (Fsp3) is 0.939. The zero-order valence-corrected chi connectivity index (χ0v) is 28.1. The van der Waals surface area contributed by atoms with Gasteiger partial charge in [-0.2, -0.15) is 0 Å². The van der Waals surface area contributed by atoms with Crippen LogP contribution in [-0.2, 0) is 33.3 Å². The summed E-state index contributed by atoms with van der Waals surface area (Å²) in [7, 11) is 0. The summed E-state index contributed by atoms with van der Waals surface area (Å²) in [6, 6.07) is 0. The summed E-state index contributed by atoms with van der Waals surface area (Å²) in [5.74, 6) is -2.96. The van der Waals surface area contributed by atoms with Crippen LogP contribution in [0, 0.1) is 11.8 Å². The third-order valence-electron chi connectivity index (χ3n) is 9.75. The molecule has 0 aromatic rings. The van der Waals surface area contributed by atoms with Crippen molar-refractivity contribution in [2.75, 3.05) is 13.2 Å². The second-order valence-electron chi connectivity index (χ2n) is 13.5. The van der Waals surface area contributed by atoms with E-state index >= 15 is 0 Å². The number of aliphatic hydroxyl groups is 8. The molecule has 0 aromatic heterocycles. The Morgan fingerprint density at radius 2 is 1.12 bits per heavy atom. The quantitative estimate of drug-likeness (QED) is 0.0607. The highest BCUT2D eigenvalue weighted by Gasteiger charge is 2.50. The lowest BCUT2D eigenvalue weighted by atomic mass is 9.89. The van der Waals surface area contributed by atoms with Crippen LogP contribution >= 0.6 is 0 Å². The maximum absolute atomic E-state index is 13.0. The fourth-order valence-electron chi connectivity index (χ4n) is 6.60. The maximum atomic E-state index is 13.0. The average Bonchev–Trinajstić information content (AvgIpc) is 3.35. The molecule has 3 heterocycles. The van der Waals surface area contributed by atoms with E-state index in [4.69, 9.17) is 23.7 Å². The number of ether oxygens (including phenoxy) is 5. The lowest BCUT2D eigenvalue weighted by Gasteiger charge is -2.40. The van der Waals surface area contributed by atoms with Crippen molar-refractivity contribution in [1.29, 1.82) is 0 Å². The Balaban J connectivity index is 1.21. The summed E-state index contributed by atoms with van der Waals surface area (Å²) in [4.78, 5) is 25.3. The molecule has 0 bridgehead atoms. The molecule has 3 aliphatic heterocycles. The number of carbonyl (C=O) groups is 2. The van der Waals surface area contributed by atoms with E-state index in [1.165, 1.54) is 0 Å². The van der Waals surface area contributed by atoms with Gasteiger partial charge < -0.3 is 64.5 Å². The summed E-state index contributed by atoms with van der Waals surface area (Å²) in [6.07, 6.45) is -2.36. The normalized spacial score (nSPS) is 37.7. The Hall–Kier alpha value is -1.50. The van der Waals surface area contributed by atoms with Gasteiger partial charge in [0.05, 0.1) is 25.2 Å². The van der Waals surface area contributed by atoms with Gasteiger partial charge in [0.25, 0.3) is 0 Å². The first-order valence-corrected chi connectivity index (χ1v) is 17.6. The highest BCUT2D eigenvalue weighted by molar-refractivity contribution is 5.85. The molecule has 0 unspecified atom stereocenters. The summed E-state index contributed by atoms with van der Waals surface area (Å²) in [5, 5.41) is 78.6. The lowest BCUT2D eigenvalue weighted by Crippen LogP contribution is -2.59. The number of esters is 2. The van der Waals surface area contributed by atoms with Crippen LogP contribution in [0.5, 0.6) is 0 Å². The molecule has 48 heavy (non-hydrogen) atoms. The maximum Gasteiger partial charge on any atom is 0.315 e. The summed E-state index contributed by atoms with van der Waals surface area (Å²) >= 11 is 0. The SMILES string of the molecule is C[C@@H](CCCCCCCCCCCCC[C@@H]1OC(=O)[C@H](C)[C@H]1C(=O)O[C@@H]1O[C@H](CO)[C@@H](O)[C@H](O)[C@H]1O)O[C@@H]1O[C@H](CO)[C@@H](O)[C@H](O)[C@H]1O. The molecule has 3 saturated heterocycles. The van der Waals surface area contributed by atoms with Crippen molar-refractivity contribution in [2.24, 2.45) is 11.8 Å². The predicted octanol–water partition coefficient (Wildman–Crippen LogP) is -0.216. The molecule has 14 atom stereocenters. The Morgan fingerprint density at radius 1 is 0.667 bits per heavy atom. The number of aliphatic hydroxyl groups excluding tert-OH is 8. The third kappa shape index (κ3) is 11.3. The van der Waals surface area contributed by atoms with Crippen LogP contribution in [0.2, 0.25) is 0 Å². The van der Waals surface area contributed by atoms with Gasteiger partial charge in [-0.05, 0) is 26.2 Å².